The number of nitrogens with one attached hydrogen (secondary N) is 2. The lowest BCUT2D eigenvalue weighted by Crippen LogP contribution is -2.22. The molecule has 1 aromatic heterocycles. The van der Waals surface area contributed by atoms with Crippen LogP contribution in [0.15, 0.2) is 0 Å². The Morgan fingerprint density at radius 3 is 2.75 bits per heavy atom. The van der Waals surface area contributed by atoms with Gasteiger partial charge in [0.05, 0.1) is 0 Å². The highest BCUT2D eigenvalue weighted by molar-refractivity contribution is 7.99. The van der Waals surface area contributed by atoms with Crippen LogP contribution in [0.5, 0.6) is 0 Å². The van der Waals surface area contributed by atoms with E-state index in [0.29, 0.717) is 5.25 Å². The molecule has 0 aromatic carbocycles. The zero-order valence-corrected chi connectivity index (χ0v) is 13.2. The molecule has 0 amide bonds. The molecule has 1 aliphatic rings. The smallest absolute Gasteiger partial charge is 0.148 e. The molecule has 5 nitrogen and oxygen atoms in total. The minimum Gasteiger partial charge on any atom is -0.369 e. The highest BCUT2D eigenvalue weighted by Gasteiger charge is 2.15. The SMILES string of the molecule is CCCc1nc(NN)c(C)c(NCC2CCCCS2)n1. The number of anilines is 2. The third kappa shape index (κ3) is 3.99. The van der Waals surface area contributed by atoms with Crippen LogP contribution in [-0.2, 0) is 6.42 Å². The van der Waals surface area contributed by atoms with E-state index in [4.69, 9.17) is 5.84 Å². The van der Waals surface area contributed by atoms with Crippen LogP contribution in [-0.4, -0.2) is 27.5 Å². The molecule has 6 heteroatoms. The van der Waals surface area contributed by atoms with Gasteiger partial charge in [0.25, 0.3) is 0 Å². The topological polar surface area (TPSA) is 75.9 Å². The van der Waals surface area contributed by atoms with E-state index < -0.39 is 0 Å². The summed E-state index contributed by atoms with van der Waals surface area (Å²) in [7, 11) is 0. The van der Waals surface area contributed by atoms with Gasteiger partial charge >= 0.3 is 0 Å². The number of nitrogens with two attached hydrogens (primary N) is 1. The van der Waals surface area contributed by atoms with E-state index in [1.54, 1.807) is 0 Å². The van der Waals surface area contributed by atoms with Crippen LogP contribution in [0.25, 0.3) is 0 Å². The van der Waals surface area contributed by atoms with Crippen LogP contribution in [0.3, 0.4) is 0 Å². The van der Waals surface area contributed by atoms with Gasteiger partial charge in [-0.1, -0.05) is 13.3 Å². The van der Waals surface area contributed by atoms with Crippen molar-refractivity contribution in [3.05, 3.63) is 11.4 Å². The van der Waals surface area contributed by atoms with E-state index in [-0.39, 0.29) is 0 Å². The molecule has 0 bridgehead atoms. The van der Waals surface area contributed by atoms with Gasteiger partial charge in [-0.3, -0.25) is 0 Å². The quantitative estimate of drug-likeness (QED) is 0.553. The van der Waals surface area contributed by atoms with Crippen molar-refractivity contribution in [1.29, 1.82) is 0 Å². The number of nitrogens with zero attached hydrogens (tertiary/aromatic N) is 2. The maximum Gasteiger partial charge on any atom is 0.148 e. The molecule has 0 spiro atoms. The van der Waals surface area contributed by atoms with Gasteiger partial charge in [0.15, 0.2) is 0 Å². The highest BCUT2D eigenvalue weighted by Crippen LogP contribution is 2.26. The first-order valence-corrected chi connectivity index (χ1v) is 8.49. The van der Waals surface area contributed by atoms with Gasteiger partial charge < -0.3 is 10.7 Å². The zero-order valence-electron chi connectivity index (χ0n) is 12.4. The van der Waals surface area contributed by atoms with Gasteiger partial charge in [-0.05, 0) is 31.9 Å². The molecule has 1 fully saturated rings. The maximum absolute atomic E-state index is 5.55. The first-order valence-electron chi connectivity index (χ1n) is 7.44. The van der Waals surface area contributed by atoms with Crippen molar-refractivity contribution in [2.75, 3.05) is 23.0 Å². The Morgan fingerprint density at radius 2 is 2.10 bits per heavy atom. The molecule has 2 heterocycles. The number of hydrazine groups is 1. The van der Waals surface area contributed by atoms with E-state index in [1.807, 2.05) is 6.92 Å². The average molecular weight is 295 g/mol. The first kappa shape index (κ1) is 15.4. The Kier molecular flexibility index (Phi) is 5.91. The van der Waals surface area contributed by atoms with Gasteiger partial charge in [0.1, 0.15) is 17.5 Å². The number of aryl methyl sites for hydroxylation is 1. The molecule has 0 radical (unpaired) electrons. The van der Waals surface area contributed by atoms with Crippen LogP contribution in [0.1, 0.15) is 44.0 Å². The molecule has 112 valence electrons. The summed E-state index contributed by atoms with van der Waals surface area (Å²) in [4.78, 5) is 9.07. The Hall–Kier alpha value is -1.01. The van der Waals surface area contributed by atoms with Gasteiger partial charge in [-0.25, -0.2) is 15.8 Å². The van der Waals surface area contributed by atoms with Crippen molar-refractivity contribution in [2.24, 2.45) is 5.84 Å². The monoisotopic (exact) mass is 295 g/mol. The summed E-state index contributed by atoms with van der Waals surface area (Å²) in [5.74, 6) is 9.33. The van der Waals surface area contributed by atoms with Crippen molar-refractivity contribution in [3.8, 4) is 0 Å². The molecule has 1 aromatic rings. The number of aromatic nitrogens is 2. The fraction of sp³-hybridized carbons (Fsp3) is 0.714. The highest BCUT2D eigenvalue weighted by atomic mass is 32.2. The summed E-state index contributed by atoms with van der Waals surface area (Å²) in [5, 5.41) is 4.18. The summed E-state index contributed by atoms with van der Waals surface area (Å²) in [6, 6.07) is 0. The van der Waals surface area contributed by atoms with Crippen molar-refractivity contribution in [1.82, 2.24) is 9.97 Å². The summed E-state index contributed by atoms with van der Waals surface area (Å²) in [6.07, 6.45) is 5.91. The van der Waals surface area contributed by atoms with Crippen molar-refractivity contribution in [2.45, 2.75) is 51.2 Å². The van der Waals surface area contributed by atoms with Crippen LogP contribution in [0, 0.1) is 6.92 Å². The van der Waals surface area contributed by atoms with Crippen molar-refractivity contribution >= 4 is 23.4 Å². The Balaban J connectivity index is 2.06. The Bertz CT molecular complexity index is 432. The maximum atomic E-state index is 5.55. The molecular weight excluding hydrogens is 270 g/mol. The van der Waals surface area contributed by atoms with Gasteiger partial charge in [0.2, 0.25) is 0 Å². The molecule has 1 aliphatic heterocycles. The molecule has 1 atom stereocenters. The minimum atomic E-state index is 0.696. The van der Waals surface area contributed by atoms with Gasteiger partial charge in [0, 0.05) is 23.8 Å². The predicted molar refractivity (Wildman–Crippen MR) is 87.2 cm³/mol. The van der Waals surface area contributed by atoms with E-state index in [2.05, 4.69) is 39.4 Å². The summed E-state index contributed by atoms with van der Waals surface area (Å²) >= 11 is 2.07. The lowest BCUT2D eigenvalue weighted by molar-refractivity contribution is 0.676. The number of hydrogen-bond donors (Lipinski definition) is 3. The standard InChI is InChI=1S/C14H25N5S/c1-3-6-12-17-13(10(2)14(18-12)19-15)16-9-11-7-4-5-8-20-11/h11H,3-9,15H2,1-2H3,(H2,16,17,18,19). The number of rotatable bonds is 6. The first-order chi connectivity index (χ1) is 9.74. The summed E-state index contributed by atoms with van der Waals surface area (Å²) < 4.78 is 0. The zero-order chi connectivity index (χ0) is 14.4. The second-order valence-electron chi connectivity index (χ2n) is 5.23. The lowest BCUT2D eigenvalue weighted by atomic mass is 10.2. The molecule has 1 saturated heterocycles. The molecule has 2 rings (SSSR count). The number of hydrogen-bond acceptors (Lipinski definition) is 6. The Morgan fingerprint density at radius 1 is 1.30 bits per heavy atom. The third-order valence-electron chi connectivity index (χ3n) is 3.57. The average Bonchev–Trinajstić information content (AvgIpc) is 2.48. The second kappa shape index (κ2) is 7.69. The number of thioether (sulfide) groups is 1. The fourth-order valence-electron chi connectivity index (χ4n) is 2.39. The van der Waals surface area contributed by atoms with Gasteiger partial charge in [-0.2, -0.15) is 11.8 Å². The predicted octanol–water partition coefficient (Wildman–Crippen LogP) is 2.72. The van der Waals surface area contributed by atoms with E-state index in [9.17, 15) is 0 Å². The minimum absolute atomic E-state index is 0.696. The largest absolute Gasteiger partial charge is 0.369 e. The van der Waals surface area contributed by atoms with Crippen LogP contribution in [0.4, 0.5) is 11.6 Å². The lowest BCUT2D eigenvalue weighted by Gasteiger charge is -2.22. The van der Waals surface area contributed by atoms with Gasteiger partial charge in [-0.15, -0.1) is 0 Å². The number of nitrogen functional groups attached to an aromatic ring is 1. The van der Waals surface area contributed by atoms with Crippen LogP contribution < -0.4 is 16.6 Å². The summed E-state index contributed by atoms with van der Waals surface area (Å²) in [5.41, 5.74) is 3.67. The van der Waals surface area contributed by atoms with E-state index in [1.165, 1.54) is 25.0 Å². The third-order valence-corrected chi connectivity index (χ3v) is 4.97. The van der Waals surface area contributed by atoms with Crippen LogP contribution in [0.2, 0.25) is 0 Å². The van der Waals surface area contributed by atoms with E-state index >= 15 is 0 Å². The second-order valence-corrected chi connectivity index (χ2v) is 6.63. The van der Waals surface area contributed by atoms with Crippen molar-refractivity contribution in [3.63, 3.8) is 0 Å². The normalized spacial score (nSPS) is 18.9. The molecule has 0 aliphatic carbocycles. The molecule has 1 unspecified atom stereocenters. The van der Waals surface area contributed by atoms with Crippen molar-refractivity contribution < 1.29 is 0 Å². The molecule has 4 N–H and O–H groups in total. The molecular formula is C14H25N5S. The molecule has 0 saturated carbocycles. The van der Waals surface area contributed by atoms with Crippen LogP contribution >= 0.6 is 11.8 Å². The molecule has 20 heavy (non-hydrogen) atoms. The fourth-order valence-corrected chi connectivity index (χ4v) is 3.63. The Labute approximate surface area is 125 Å². The summed E-state index contributed by atoms with van der Waals surface area (Å²) in [6.45, 7) is 5.10. The van der Waals surface area contributed by atoms with E-state index in [0.717, 1.165) is 42.4 Å².